The van der Waals surface area contributed by atoms with Crippen LogP contribution >= 0.6 is 0 Å². The van der Waals surface area contributed by atoms with Crippen molar-refractivity contribution in [3.8, 4) is 0 Å². The zero-order chi connectivity index (χ0) is 13.8. The number of rotatable bonds is 6. The third kappa shape index (κ3) is 3.67. The van der Waals surface area contributed by atoms with Crippen LogP contribution in [0.25, 0.3) is 0 Å². The molecule has 2 N–H and O–H groups in total. The minimum absolute atomic E-state index is 0.233. The summed E-state index contributed by atoms with van der Waals surface area (Å²) in [5.74, 6) is -0.794. The van der Waals surface area contributed by atoms with E-state index in [2.05, 4.69) is 24.1 Å². The Bertz CT molecular complexity index is 285. The lowest BCUT2D eigenvalue weighted by molar-refractivity contribution is -0.145. The van der Waals surface area contributed by atoms with Gasteiger partial charge in [-0.2, -0.15) is 0 Å². The first-order chi connectivity index (χ1) is 8.42. The molecule has 5 nitrogen and oxygen atoms in total. The monoisotopic (exact) mass is 258 g/mol. The van der Waals surface area contributed by atoms with Gasteiger partial charge >= 0.3 is 5.97 Å². The summed E-state index contributed by atoms with van der Waals surface area (Å²) in [7, 11) is 1.70. The van der Waals surface area contributed by atoms with Crippen LogP contribution < -0.4 is 5.32 Å². The molecule has 3 unspecified atom stereocenters. The van der Waals surface area contributed by atoms with Gasteiger partial charge in [0.1, 0.15) is 5.54 Å². The highest BCUT2D eigenvalue weighted by atomic mass is 16.5. The second-order valence-corrected chi connectivity index (χ2v) is 5.34. The Morgan fingerprint density at radius 2 is 2.33 bits per heavy atom. The first-order valence-electron chi connectivity index (χ1n) is 6.71. The van der Waals surface area contributed by atoms with E-state index in [1.165, 1.54) is 0 Å². The first-order valence-corrected chi connectivity index (χ1v) is 6.71. The lowest BCUT2D eigenvalue weighted by Gasteiger charge is -2.39. The van der Waals surface area contributed by atoms with Crippen LogP contribution in [0.4, 0.5) is 0 Å². The van der Waals surface area contributed by atoms with Crippen LogP contribution in [-0.4, -0.2) is 60.4 Å². The zero-order valence-corrected chi connectivity index (χ0v) is 11.9. The van der Waals surface area contributed by atoms with E-state index in [9.17, 15) is 9.90 Å². The third-order valence-corrected chi connectivity index (χ3v) is 3.98. The molecule has 1 aliphatic rings. The molecule has 0 bridgehead atoms. The molecule has 0 aromatic heterocycles. The Morgan fingerprint density at radius 3 is 2.83 bits per heavy atom. The molecule has 5 heteroatoms. The molecular weight excluding hydrogens is 232 g/mol. The van der Waals surface area contributed by atoms with Crippen molar-refractivity contribution in [1.29, 1.82) is 0 Å². The number of hydrogen-bond donors (Lipinski definition) is 2. The number of ether oxygens (including phenoxy) is 1. The summed E-state index contributed by atoms with van der Waals surface area (Å²) in [5.41, 5.74) is -0.862. The number of nitrogens with zero attached hydrogens (tertiary/aromatic N) is 1. The second-order valence-electron chi connectivity index (χ2n) is 5.34. The van der Waals surface area contributed by atoms with E-state index in [4.69, 9.17) is 4.74 Å². The summed E-state index contributed by atoms with van der Waals surface area (Å²) >= 11 is 0. The fourth-order valence-electron chi connectivity index (χ4n) is 2.41. The van der Waals surface area contributed by atoms with Gasteiger partial charge in [0.05, 0.1) is 12.7 Å². The van der Waals surface area contributed by atoms with Crippen molar-refractivity contribution in [2.24, 2.45) is 0 Å². The topological polar surface area (TPSA) is 61.8 Å². The average Bonchev–Trinajstić information content (AvgIpc) is 2.38. The van der Waals surface area contributed by atoms with Crippen molar-refractivity contribution in [2.75, 3.05) is 26.7 Å². The maximum atomic E-state index is 11.3. The number of hydrogen-bond acceptors (Lipinski definition) is 4. The normalized spacial score (nSPS) is 26.6. The number of likely N-dealkylation sites (N-methyl/N-ethyl adjacent to an activating group) is 1. The highest BCUT2D eigenvalue weighted by Crippen LogP contribution is 2.19. The molecule has 18 heavy (non-hydrogen) atoms. The Hall–Kier alpha value is -0.650. The molecule has 0 radical (unpaired) electrons. The molecule has 3 atom stereocenters. The number of nitrogens with one attached hydrogen (secondary N) is 1. The van der Waals surface area contributed by atoms with Crippen LogP contribution in [0.5, 0.6) is 0 Å². The quantitative estimate of drug-likeness (QED) is 0.742. The molecule has 0 aromatic rings. The molecule has 1 fully saturated rings. The van der Waals surface area contributed by atoms with E-state index < -0.39 is 11.5 Å². The number of aliphatic carboxylic acids is 1. The zero-order valence-electron chi connectivity index (χ0n) is 11.9. The smallest absolute Gasteiger partial charge is 0.323 e. The Balaban J connectivity index is 2.58. The van der Waals surface area contributed by atoms with E-state index >= 15 is 0 Å². The minimum Gasteiger partial charge on any atom is -0.480 e. The molecule has 1 saturated heterocycles. The predicted molar refractivity (Wildman–Crippen MR) is 70.8 cm³/mol. The van der Waals surface area contributed by atoms with Crippen molar-refractivity contribution in [3.63, 3.8) is 0 Å². The summed E-state index contributed by atoms with van der Waals surface area (Å²) < 4.78 is 5.64. The van der Waals surface area contributed by atoms with E-state index in [1.54, 1.807) is 14.0 Å². The van der Waals surface area contributed by atoms with Gasteiger partial charge in [0.25, 0.3) is 0 Å². The van der Waals surface area contributed by atoms with Gasteiger partial charge in [-0.1, -0.05) is 6.92 Å². The van der Waals surface area contributed by atoms with E-state index in [0.717, 1.165) is 26.1 Å². The third-order valence-electron chi connectivity index (χ3n) is 3.98. The lowest BCUT2D eigenvalue weighted by Crippen LogP contribution is -2.54. The largest absolute Gasteiger partial charge is 0.480 e. The molecule has 1 heterocycles. The summed E-state index contributed by atoms with van der Waals surface area (Å²) in [6.07, 6.45) is 1.88. The molecule has 0 aromatic carbocycles. The van der Waals surface area contributed by atoms with Gasteiger partial charge < -0.3 is 15.2 Å². The molecule has 106 valence electrons. The summed E-state index contributed by atoms with van der Waals surface area (Å²) in [4.78, 5) is 13.6. The van der Waals surface area contributed by atoms with Crippen molar-refractivity contribution in [3.05, 3.63) is 0 Å². The first kappa shape index (κ1) is 15.4. The molecule has 1 aliphatic heterocycles. The van der Waals surface area contributed by atoms with E-state index in [0.29, 0.717) is 6.42 Å². The van der Waals surface area contributed by atoms with Gasteiger partial charge in [-0.15, -0.1) is 0 Å². The van der Waals surface area contributed by atoms with Crippen molar-refractivity contribution in [2.45, 2.75) is 51.3 Å². The fourth-order valence-corrected chi connectivity index (χ4v) is 2.41. The van der Waals surface area contributed by atoms with Crippen molar-refractivity contribution >= 4 is 5.97 Å². The van der Waals surface area contributed by atoms with Gasteiger partial charge in [-0.05, 0) is 33.7 Å². The highest BCUT2D eigenvalue weighted by Gasteiger charge is 2.35. The average molecular weight is 258 g/mol. The van der Waals surface area contributed by atoms with Gasteiger partial charge in [0.15, 0.2) is 0 Å². The van der Waals surface area contributed by atoms with Crippen LogP contribution in [-0.2, 0) is 9.53 Å². The van der Waals surface area contributed by atoms with Crippen LogP contribution in [0, 0.1) is 0 Å². The molecular formula is C13H26N2O3. The van der Waals surface area contributed by atoms with E-state index in [-0.39, 0.29) is 12.1 Å². The van der Waals surface area contributed by atoms with Crippen LogP contribution in [0.15, 0.2) is 0 Å². The van der Waals surface area contributed by atoms with Crippen molar-refractivity contribution in [1.82, 2.24) is 10.2 Å². The minimum atomic E-state index is -0.862. The lowest BCUT2D eigenvalue weighted by atomic mass is 9.93. The maximum absolute atomic E-state index is 11.3. The van der Waals surface area contributed by atoms with Gasteiger partial charge in [0.2, 0.25) is 0 Å². The number of carboxylic acid groups (broad SMARTS) is 1. The van der Waals surface area contributed by atoms with Crippen LogP contribution in [0.3, 0.4) is 0 Å². The fraction of sp³-hybridized carbons (Fsp3) is 0.923. The van der Waals surface area contributed by atoms with Crippen LogP contribution in [0.2, 0.25) is 0 Å². The Labute approximate surface area is 109 Å². The summed E-state index contributed by atoms with van der Waals surface area (Å²) in [6.45, 7) is 8.48. The molecule has 0 saturated carbocycles. The van der Waals surface area contributed by atoms with E-state index in [1.807, 2.05) is 0 Å². The molecule has 0 amide bonds. The number of morpholine rings is 1. The van der Waals surface area contributed by atoms with Crippen LogP contribution in [0.1, 0.15) is 33.6 Å². The summed E-state index contributed by atoms with van der Waals surface area (Å²) in [6, 6.07) is 0.233. The number of carboxylic acids is 1. The van der Waals surface area contributed by atoms with Gasteiger partial charge in [-0.25, -0.2) is 0 Å². The molecule has 1 rings (SSSR count). The SMILES string of the molecule is CCC1CN(C(C)CC(C)(NC)C(=O)O)CCO1. The molecule has 0 spiro atoms. The Morgan fingerprint density at radius 1 is 1.67 bits per heavy atom. The second kappa shape index (κ2) is 6.50. The standard InChI is InChI=1S/C13H26N2O3/c1-5-11-9-15(6-7-18-11)10(2)8-13(3,14-4)12(16)17/h10-11,14H,5-9H2,1-4H3,(H,16,17). The summed E-state index contributed by atoms with van der Waals surface area (Å²) in [5, 5.41) is 12.2. The predicted octanol–water partition coefficient (Wildman–Crippen LogP) is 0.939. The Kier molecular flexibility index (Phi) is 5.56. The highest BCUT2D eigenvalue weighted by molar-refractivity contribution is 5.78. The van der Waals surface area contributed by atoms with Crippen molar-refractivity contribution < 1.29 is 14.6 Å². The van der Waals surface area contributed by atoms with Gasteiger partial charge in [0, 0.05) is 19.1 Å². The maximum Gasteiger partial charge on any atom is 0.323 e. The van der Waals surface area contributed by atoms with Gasteiger partial charge in [-0.3, -0.25) is 9.69 Å². The molecule has 0 aliphatic carbocycles. The number of carbonyl (C=O) groups is 1.